The van der Waals surface area contributed by atoms with Crippen molar-refractivity contribution in [2.45, 2.75) is 52.9 Å². The molecule has 0 aromatic carbocycles. The largest absolute Gasteiger partial charge is 0.0654 e. The van der Waals surface area contributed by atoms with Crippen LogP contribution in [0, 0.1) is 23.2 Å². The molecule has 2 unspecified atom stereocenters. The first-order valence-corrected chi connectivity index (χ1v) is 5.71. The van der Waals surface area contributed by atoms with Gasteiger partial charge < -0.3 is 0 Å². The van der Waals surface area contributed by atoms with Crippen LogP contribution in [0.3, 0.4) is 0 Å². The van der Waals surface area contributed by atoms with Crippen LogP contribution in [0.2, 0.25) is 0 Å². The van der Waals surface area contributed by atoms with Gasteiger partial charge in [0.2, 0.25) is 0 Å². The molecule has 0 aliphatic heterocycles. The van der Waals surface area contributed by atoms with Crippen molar-refractivity contribution in [2.24, 2.45) is 23.2 Å². The van der Waals surface area contributed by atoms with Crippen molar-refractivity contribution in [1.29, 1.82) is 0 Å². The van der Waals surface area contributed by atoms with Gasteiger partial charge in [0.25, 0.3) is 0 Å². The number of hydrogen-bond acceptors (Lipinski definition) is 0. The average Bonchev–Trinajstić information content (AvgIpc) is 2.91. The third-order valence-electron chi connectivity index (χ3n) is 4.45. The smallest absolute Gasteiger partial charge is 0.0263 e. The standard InChI is InChI=1S/C12H22/c1-4-5-6-12(7-8-12)11-9(2)10(11)3/h9-11H,4-8H2,1-3H3. The molecule has 70 valence electrons. The fourth-order valence-corrected chi connectivity index (χ4v) is 3.22. The molecule has 0 spiro atoms. The van der Waals surface area contributed by atoms with Crippen LogP contribution in [0.4, 0.5) is 0 Å². The van der Waals surface area contributed by atoms with Crippen LogP contribution in [0.5, 0.6) is 0 Å². The fourth-order valence-electron chi connectivity index (χ4n) is 3.22. The lowest BCUT2D eigenvalue weighted by Crippen LogP contribution is -2.05. The molecule has 0 heterocycles. The zero-order valence-electron chi connectivity index (χ0n) is 8.77. The topological polar surface area (TPSA) is 0 Å². The first kappa shape index (κ1) is 8.59. The SMILES string of the molecule is CCCCC1(C2C(C)C2C)CC1. The second-order valence-corrected chi connectivity index (χ2v) is 5.21. The minimum Gasteiger partial charge on any atom is -0.0654 e. The summed E-state index contributed by atoms with van der Waals surface area (Å²) in [5.74, 6) is 3.21. The predicted molar refractivity (Wildman–Crippen MR) is 53.0 cm³/mol. The van der Waals surface area contributed by atoms with Crippen LogP contribution >= 0.6 is 0 Å². The summed E-state index contributed by atoms with van der Waals surface area (Å²) in [5.41, 5.74) is 0.856. The van der Waals surface area contributed by atoms with Crippen molar-refractivity contribution in [2.75, 3.05) is 0 Å². The summed E-state index contributed by atoms with van der Waals surface area (Å²) in [7, 11) is 0. The highest BCUT2D eigenvalue weighted by Crippen LogP contribution is 2.68. The summed E-state index contributed by atoms with van der Waals surface area (Å²) in [6, 6.07) is 0. The molecule has 0 N–H and O–H groups in total. The van der Waals surface area contributed by atoms with Crippen molar-refractivity contribution in [3.8, 4) is 0 Å². The van der Waals surface area contributed by atoms with Gasteiger partial charge in [0.1, 0.15) is 0 Å². The van der Waals surface area contributed by atoms with E-state index in [1.165, 1.54) is 19.3 Å². The quantitative estimate of drug-likeness (QED) is 0.595. The van der Waals surface area contributed by atoms with Crippen LogP contribution in [0.1, 0.15) is 52.9 Å². The summed E-state index contributed by atoms with van der Waals surface area (Å²) in [6.45, 7) is 7.21. The first-order chi connectivity index (χ1) is 5.71. The van der Waals surface area contributed by atoms with Crippen LogP contribution in [0.15, 0.2) is 0 Å². The van der Waals surface area contributed by atoms with E-state index in [0.717, 1.165) is 23.2 Å². The Hall–Kier alpha value is 0. The Balaban J connectivity index is 1.86. The molecule has 2 saturated carbocycles. The van der Waals surface area contributed by atoms with Gasteiger partial charge in [0, 0.05) is 0 Å². The highest BCUT2D eigenvalue weighted by atomic mass is 14.7. The molecule has 2 aliphatic rings. The van der Waals surface area contributed by atoms with Gasteiger partial charge in [0.05, 0.1) is 0 Å². The first-order valence-electron chi connectivity index (χ1n) is 5.71. The zero-order chi connectivity index (χ0) is 8.77. The Morgan fingerprint density at radius 1 is 1.17 bits per heavy atom. The minimum atomic E-state index is 0.856. The normalized spacial score (nSPS) is 42.8. The van der Waals surface area contributed by atoms with Crippen LogP contribution in [-0.4, -0.2) is 0 Å². The van der Waals surface area contributed by atoms with Crippen molar-refractivity contribution in [1.82, 2.24) is 0 Å². The van der Waals surface area contributed by atoms with E-state index in [2.05, 4.69) is 20.8 Å². The van der Waals surface area contributed by atoms with Gasteiger partial charge in [-0.3, -0.25) is 0 Å². The van der Waals surface area contributed by atoms with Gasteiger partial charge in [-0.2, -0.15) is 0 Å². The number of hydrogen-bond donors (Lipinski definition) is 0. The van der Waals surface area contributed by atoms with Crippen molar-refractivity contribution in [3.05, 3.63) is 0 Å². The van der Waals surface area contributed by atoms with E-state index >= 15 is 0 Å². The van der Waals surface area contributed by atoms with Crippen molar-refractivity contribution < 1.29 is 0 Å². The van der Waals surface area contributed by atoms with Gasteiger partial charge in [-0.1, -0.05) is 33.6 Å². The van der Waals surface area contributed by atoms with Gasteiger partial charge in [-0.25, -0.2) is 0 Å². The van der Waals surface area contributed by atoms with E-state index in [1.807, 2.05) is 0 Å². The second-order valence-electron chi connectivity index (χ2n) is 5.21. The molecule has 0 amide bonds. The molecule has 0 nitrogen and oxygen atoms in total. The Morgan fingerprint density at radius 3 is 2.08 bits per heavy atom. The molecular formula is C12H22. The molecule has 0 heteroatoms. The maximum Gasteiger partial charge on any atom is -0.0263 e. The van der Waals surface area contributed by atoms with E-state index < -0.39 is 0 Å². The van der Waals surface area contributed by atoms with Gasteiger partial charge >= 0.3 is 0 Å². The Labute approximate surface area is 76.7 Å². The molecule has 2 fully saturated rings. The number of unbranched alkanes of at least 4 members (excludes halogenated alkanes) is 1. The van der Waals surface area contributed by atoms with E-state index in [9.17, 15) is 0 Å². The third-order valence-corrected chi connectivity index (χ3v) is 4.45. The van der Waals surface area contributed by atoms with E-state index in [0.29, 0.717) is 0 Å². The lowest BCUT2D eigenvalue weighted by molar-refractivity contribution is 0.362. The zero-order valence-corrected chi connectivity index (χ0v) is 8.77. The highest BCUT2D eigenvalue weighted by Gasteiger charge is 2.61. The summed E-state index contributed by atoms with van der Waals surface area (Å²) < 4.78 is 0. The summed E-state index contributed by atoms with van der Waals surface area (Å²) in [4.78, 5) is 0. The van der Waals surface area contributed by atoms with Gasteiger partial charge in [0.15, 0.2) is 0 Å². The Bertz CT molecular complexity index is 159. The van der Waals surface area contributed by atoms with Crippen molar-refractivity contribution >= 4 is 0 Å². The van der Waals surface area contributed by atoms with Gasteiger partial charge in [-0.15, -0.1) is 0 Å². The monoisotopic (exact) mass is 166 g/mol. The second kappa shape index (κ2) is 2.75. The van der Waals surface area contributed by atoms with E-state index in [4.69, 9.17) is 0 Å². The molecule has 2 aliphatic carbocycles. The van der Waals surface area contributed by atoms with E-state index in [-0.39, 0.29) is 0 Å². The molecule has 12 heavy (non-hydrogen) atoms. The maximum atomic E-state index is 2.45. The molecule has 0 aromatic heterocycles. The molecule has 0 saturated heterocycles. The summed E-state index contributed by atoms with van der Waals surface area (Å²) in [6.07, 6.45) is 7.48. The van der Waals surface area contributed by atoms with Crippen LogP contribution in [0.25, 0.3) is 0 Å². The molecule has 2 rings (SSSR count). The fraction of sp³-hybridized carbons (Fsp3) is 1.00. The molecule has 2 atom stereocenters. The lowest BCUT2D eigenvalue weighted by atomic mass is 9.91. The summed E-state index contributed by atoms with van der Waals surface area (Å²) in [5, 5.41) is 0. The minimum absolute atomic E-state index is 0.856. The lowest BCUT2D eigenvalue weighted by Gasteiger charge is -2.13. The molecule has 0 aromatic rings. The van der Waals surface area contributed by atoms with Crippen LogP contribution < -0.4 is 0 Å². The maximum absolute atomic E-state index is 2.45. The van der Waals surface area contributed by atoms with Crippen molar-refractivity contribution in [3.63, 3.8) is 0 Å². The molecular weight excluding hydrogens is 144 g/mol. The predicted octanol–water partition coefficient (Wildman–Crippen LogP) is 3.86. The molecule has 0 bridgehead atoms. The molecule has 0 radical (unpaired) electrons. The average molecular weight is 166 g/mol. The van der Waals surface area contributed by atoms with Crippen LogP contribution in [-0.2, 0) is 0 Å². The van der Waals surface area contributed by atoms with E-state index in [1.54, 1.807) is 12.8 Å². The Kier molecular flexibility index (Phi) is 1.97. The Morgan fingerprint density at radius 2 is 1.75 bits per heavy atom. The summed E-state index contributed by atoms with van der Waals surface area (Å²) >= 11 is 0. The highest BCUT2D eigenvalue weighted by molar-refractivity contribution is 5.09. The third kappa shape index (κ3) is 1.20. The van der Waals surface area contributed by atoms with Gasteiger partial charge in [-0.05, 0) is 42.4 Å². The number of rotatable bonds is 4.